The molecule has 0 radical (unpaired) electrons. The van der Waals surface area contributed by atoms with Gasteiger partial charge in [-0.3, -0.25) is 4.90 Å². The number of nitrogens with zero attached hydrogens (tertiary/aromatic N) is 4. The van der Waals surface area contributed by atoms with Crippen molar-refractivity contribution in [2.75, 3.05) is 51.3 Å². The number of anilines is 1. The van der Waals surface area contributed by atoms with E-state index in [0.717, 1.165) is 63.6 Å². The molecule has 1 aromatic carbocycles. The molecule has 0 bridgehead atoms. The van der Waals surface area contributed by atoms with Crippen LogP contribution in [0, 0.1) is 0 Å². The molecular formula is C24H32N4O2. The predicted molar refractivity (Wildman–Crippen MR) is 119 cm³/mol. The maximum Gasteiger partial charge on any atom is 0.325 e. The van der Waals surface area contributed by atoms with Gasteiger partial charge >= 0.3 is 6.03 Å². The molecule has 2 aromatic rings. The number of para-hydroxylation sites is 1. The number of pyridine rings is 1. The molecule has 3 heterocycles. The Hall–Kier alpha value is -2.60. The van der Waals surface area contributed by atoms with Gasteiger partial charge in [-0.1, -0.05) is 24.3 Å². The molecule has 2 fully saturated rings. The molecular weight excluding hydrogens is 376 g/mol. The second-order valence-electron chi connectivity index (χ2n) is 8.20. The van der Waals surface area contributed by atoms with Crippen molar-refractivity contribution in [2.45, 2.75) is 31.6 Å². The van der Waals surface area contributed by atoms with E-state index in [2.05, 4.69) is 22.0 Å². The van der Waals surface area contributed by atoms with Crippen molar-refractivity contribution in [1.29, 1.82) is 0 Å². The van der Waals surface area contributed by atoms with Gasteiger partial charge in [0.05, 0.1) is 7.11 Å². The number of hydrogen-bond acceptors (Lipinski definition) is 4. The van der Waals surface area contributed by atoms with Gasteiger partial charge in [-0.25, -0.2) is 9.78 Å². The third-order valence-electron chi connectivity index (χ3n) is 6.27. The highest BCUT2D eigenvalue weighted by atomic mass is 16.5. The summed E-state index contributed by atoms with van der Waals surface area (Å²) >= 11 is 0. The number of rotatable bonds is 6. The highest BCUT2D eigenvalue weighted by Crippen LogP contribution is 2.33. The molecule has 2 amide bonds. The summed E-state index contributed by atoms with van der Waals surface area (Å²) < 4.78 is 5.56. The van der Waals surface area contributed by atoms with E-state index in [1.54, 1.807) is 13.3 Å². The lowest BCUT2D eigenvalue weighted by Crippen LogP contribution is -2.48. The molecule has 0 spiro atoms. The topological polar surface area (TPSA) is 48.9 Å². The number of carbonyl (C=O) groups excluding carboxylic acids is 1. The molecule has 0 N–H and O–H groups in total. The van der Waals surface area contributed by atoms with E-state index in [1.807, 2.05) is 40.1 Å². The van der Waals surface area contributed by atoms with E-state index in [1.165, 1.54) is 12.0 Å². The summed E-state index contributed by atoms with van der Waals surface area (Å²) in [5.74, 6) is 2.19. The number of urea groups is 1. The Morgan fingerprint density at radius 2 is 1.90 bits per heavy atom. The van der Waals surface area contributed by atoms with E-state index in [-0.39, 0.29) is 6.03 Å². The van der Waals surface area contributed by atoms with Crippen molar-refractivity contribution in [3.05, 3.63) is 54.2 Å². The maximum absolute atomic E-state index is 13.2. The minimum absolute atomic E-state index is 0.0916. The molecule has 0 saturated carbocycles. The second kappa shape index (κ2) is 9.94. The SMILES string of the molecule is COc1ccccc1[C@H]1CCN(CCN(C(=O)N2CCCCC2)c2ccccn2)C1. The number of methoxy groups -OCH3 is 1. The molecule has 2 aliphatic heterocycles. The molecule has 0 aliphatic carbocycles. The summed E-state index contributed by atoms with van der Waals surface area (Å²) in [5.41, 5.74) is 1.29. The van der Waals surface area contributed by atoms with E-state index in [9.17, 15) is 4.79 Å². The van der Waals surface area contributed by atoms with Crippen LogP contribution in [0.3, 0.4) is 0 Å². The van der Waals surface area contributed by atoms with Gasteiger partial charge in [0, 0.05) is 44.8 Å². The fraction of sp³-hybridized carbons (Fsp3) is 0.500. The summed E-state index contributed by atoms with van der Waals surface area (Å²) in [7, 11) is 1.74. The van der Waals surface area contributed by atoms with Crippen molar-refractivity contribution < 1.29 is 9.53 Å². The molecule has 6 heteroatoms. The largest absolute Gasteiger partial charge is 0.496 e. The highest BCUT2D eigenvalue weighted by molar-refractivity contribution is 5.91. The summed E-state index contributed by atoms with van der Waals surface area (Å²) in [6.07, 6.45) is 6.28. The Labute approximate surface area is 179 Å². The average Bonchev–Trinajstić information content (AvgIpc) is 3.29. The summed E-state index contributed by atoms with van der Waals surface area (Å²) in [6.45, 7) is 5.24. The van der Waals surface area contributed by atoms with E-state index in [0.29, 0.717) is 12.5 Å². The quantitative estimate of drug-likeness (QED) is 0.725. The monoisotopic (exact) mass is 408 g/mol. The van der Waals surface area contributed by atoms with Crippen LogP contribution < -0.4 is 9.64 Å². The highest BCUT2D eigenvalue weighted by Gasteiger charge is 2.28. The number of carbonyl (C=O) groups is 1. The molecule has 1 aromatic heterocycles. The van der Waals surface area contributed by atoms with Crippen LogP contribution >= 0.6 is 0 Å². The Morgan fingerprint density at radius 3 is 2.67 bits per heavy atom. The first-order valence-electron chi connectivity index (χ1n) is 11.1. The van der Waals surface area contributed by atoms with Gasteiger partial charge in [0.15, 0.2) is 0 Å². The summed E-state index contributed by atoms with van der Waals surface area (Å²) in [5, 5.41) is 0. The molecule has 2 aliphatic rings. The smallest absolute Gasteiger partial charge is 0.325 e. The fourth-order valence-electron chi connectivity index (χ4n) is 4.61. The Morgan fingerprint density at radius 1 is 1.10 bits per heavy atom. The fourth-order valence-corrected chi connectivity index (χ4v) is 4.61. The Bertz CT molecular complexity index is 823. The number of benzene rings is 1. The van der Waals surface area contributed by atoms with Gasteiger partial charge in [-0.15, -0.1) is 0 Å². The van der Waals surface area contributed by atoms with Gasteiger partial charge in [0.1, 0.15) is 11.6 Å². The lowest BCUT2D eigenvalue weighted by atomic mass is 9.97. The molecule has 6 nitrogen and oxygen atoms in total. The number of piperidine rings is 1. The van der Waals surface area contributed by atoms with Gasteiger partial charge in [0.2, 0.25) is 0 Å². The molecule has 0 unspecified atom stereocenters. The van der Waals surface area contributed by atoms with Crippen LogP contribution in [-0.4, -0.2) is 67.2 Å². The zero-order valence-electron chi connectivity index (χ0n) is 17.9. The lowest BCUT2D eigenvalue weighted by Gasteiger charge is -2.33. The first-order chi connectivity index (χ1) is 14.8. The van der Waals surface area contributed by atoms with Crippen molar-refractivity contribution >= 4 is 11.8 Å². The third kappa shape index (κ3) is 4.75. The van der Waals surface area contributed by atoms with Crippen LogP contribution in [0.25, 0.3) is 0 Å². The van der Waals surface area contributed by atoms with Crippen molar-refractivity contribution in [3.63, 3.8) is 0 Å². The number of ether oxygens (including phenoxy) is 1. The van der Waals surface area contributed by atoms with Crippen LogP contribution in [0.5, 0.6) is 5.75 Å². The van der Waals surface area contributed by atoms with Crippen LogP contribution in [0.15, 0.2) is 48.7 Å². The van der Waals surface area contributed by atoms with Crippen molar-refractivity contribution in [1.82, 2.24) is 14.8 Å². The molecule has 2 saturated heterocycles. The Balaban J connectivity index is 1.41. The minimum Gasteiger partial charge on any atom is -0.496 e. The Kier molecular flexibility index (Phi) is 6.84. The van der Waals surface area contributed by atoms with Gasteiger partial charge in [-0.05, 0) is 56.0 Å². The van der Waals surface area contributed by atoms with Gasteiger partial charge < -0.3 is 14.5 Å². The van der Waals surface area contributed by atoms with Crippen LogP contribution in [0.1, 0.15) is 37.2 Å². The van der Waals surface area contributed by atoms with Crippen molar-refractivity contribution in [3.8, 4) is 5.75 Å². The second-order valence-corrected chi connectivity index (χ2v) is 8.20. The summed E-state index contributed by atoms with van der Waals surface area (Å²) in [6, 6.07) is 14.2. The van der Waals surface area contributed by atoms with Gasteiger partial charge in [-0.2, -0.15) is 0 Å². The predicted octanol–water partition coefficient (Wildman–Crippen LogP) is 3.99. The van der Waals surface area contributed by atoms with Gasteiger partial charge in [0.25, 0.3) is 0 Å². The summed E-state index contributed by atoms with van der Waals surface area (Å²) in [4.78, 5) is 24.0. The minimum atomic E-state index is 0.0916. The van der Waals surface area contributed by atoms with Crippen LogP contribution in [-0.2, 0) is 0 Å². The average molecular weight is 409 g/mol. The van der Waals surface area contributed by atoms with E-state index < -0.39 is 0 Å². The van der Waals surface area contributed by atoms with E-state index >= 15 is 0 Å². The molecule has 4 rings (SSSR count). The van der Waals surface area contributed by atoms with Crippen molar-refractivity contribution in [2.24, 2.45) is 0 Å². The van der Waals surface area contributed by atoms with Crippen LogP contribution in [0.2, 0.25) is 0 Å². The first-order valence-corrected chi connectivity index (χ1v) is 11.1. The number of likely N-dealkylation sites (tertiary alicyclic amines) is 2. The zero-order chi connectivity index (χ0) is 20.8. The number of hydrogen-bond donors (Lipinski definition) is 0. The number of aromatic nitrogens is 1. The lowest BCUT2D eigenvalue weighted by molar-refractivity contribution is 0.191. The molecule has 1 atom stereocenters. The third-order valence-corrected chi connectivity index (χ3v) is 6.27. The number of amides is 2. The van der Waals surface area contributed by atoms with Crippen LogP contribution in [0.4, 0.5) is 10.6 Å². The zero-order valence-corrected chi connectivity index (χ0v) is 17.9. The molecule has 30 heavy (non-hydrogen) atoms. The molecule has 160 valence electrons. The normalized spacial score (nSPS) is 19.6. The standard InChI is InChI=1S/C24H32N4O2/c1-30-22-10-4-3-9-21(22)20-12-16-26(19-20)17-18-28(23-11-5-6-13-25-23)24(29)27-14-7-2-8-15-27/h3-6,9-11,13,20H,2,7-8,12,14-19H2,1H3/t20-/m0/s1. The van der Waals surface area contributed by atoms with E-state index in [4.69, 9.17) is 4.74 Å². The maximum atomic E-state index is 13.2. The first kappa shape index (κ1) is 20.7.